The molecule has 0 saturated heterocycles. The fraction of sp³-hybridized carbons (Fsp3) is 0.182. The minimum Gasteiger partial charge on any atom is -0.382 e. The van der Waals surface area contributed by atoms with Crippen LogP contribution in [0.15, 0.2) is 18.2 Å². The summed E-state index contributed by atoms with van der Waals surface area (Å²) in [5.74, 6) is 0.413. The Bertz CT molecular complexity index is 485. The number of halogens is 1. The van der Waals surface area contributed by atoms with E-state index in [1.807, 2.05) is 0 Å². The van der Waals surface area contributed by atoms with Crippen molar-refractivity contribution in [2.45, 2.75) is 13.8 Å². The molecule has 0 radical (unpaired) electrons. The monoisotopic (exact) mass is 238 g/mol. The van der Waals surface area contributed by atoms with Gasteiger partial charge in [0.1, 0.15) is 5.02 Å². The molecule has 1 heterocycles. The third-order valence-electron chi connectivity index (χ3n) is 2.14. The number of aryl methyl sites for hydroxylation is 2. The minimum atomic E-state index is 0.413. The Hall–Kier alpha value is -1.06. The summed E-state index contributed by atoms with van der Waals surface area (Å²) >= 11 is 7.41. The fourth-order valence-electron chi connectivity index (χ4n) is 1.58. The van der Waals surface area contributed by atoms with E-state index in [1.165, 1.54) is 22.7 Å². The molecule has 15 heavy (non-hydrogen) atoms. The standard InChI is InChI=1S/C11H11ClN2S/c1-6-3-7(2)5-8(4-6)10-9(12)11(13)14-15-10/h3-5H,1-2H3,(H2,13,14). The van der Waals surface area contributed by atoms with E-state index in [-0.39, 0.29) is 0 Å². The number of hydrogen-bond acceptors (Lipinski definition) is 3. The lowest BCUT2D eigenvalue weighted by molar-refractivity contribution is 1.39. The maximum absolute atomic E-state index is 6.07. The molecular formula is C11H11ClN2S. The van der Waals surface area contributed by atoms with Gasteiger partial charge in [0.05, 0.1) is 4.88 Å². The first-order valence-electron chi connectivity index (χ1n) is 4.57. The fourth-order valence-corrected chi connectivity index (χ4v) is 2.57. The maximum Gasteiger partial charge on any atom is 0.156 e. The third kappa shape index (κ3) is 1.98. The largest absolute Gasteiger partial charge is 0.382 e. The van der Waals surface area contributed by atoms with Gasteiger partial charge in [0.15, 0.2) is 5.82 Å². The molecular weight excluding hydrogens is 228 g/mol. The van der Waals surface area contributed by atoms with Gasteiger partial charge in [-0.05, 0) is 30.9 Å². The van der Waals surface area contributed by atoms with Crippen molar-refractivity contribution >= 4 is 29.0 Å². The molecule has 2 aromatic rings. The summed E-state index contributed by atoms with van der Waals surface area (Å²) < 4.78 is 4.04. The lowest BCUT2D eigenvalue weighted by Gasteiger charge is -2.02. The van der Waals surface area contributed by atoms with E-state index < -0.39 is 0 Å². The van der Waals surface area contributed by atoms with Gasteiger partial charge in [0.2, 0.25) is 0 Å². The molecule has 4 heteroatoms. The van der Waals surface area contributed by atoms with Crippen LogP contribution in [0.25, 0.3) is 10.4 Å². The lowest BCUT2D eigenvalue weighted by Crippen LogP contribution is -1.84. The van der Waals surface area contributed by atoms with Gasteiger partial charge < -0.3 is 5.73 Å². The van der Waals surface area contributed by atoms with E-state index in [9.17, 15) is 0 Å². The molecule has 0 fully saturated rings. The summed E-state index contributed by atoms with van der Waals surface area (Å²) in [4.78, 5) is 0.945. The average molecular weight is 239 g/mol. The number of rotatable bonds is 1. The smallest absolute Gasteiger partial charge is 0.156 e. The van der Waals surface area contributed by atoms with E-state index >= 15 is 0 Å². The molecule has 2 nitrogen and oxygen atoms in total. The first-order valence-corrected chi connectivity index (χ1v) is 5.72. The zero-order chi connectivity index (χ0) is 11.0. The Morgan fingerprint density at radius 2 is 1.80 bits per heavy atom. The van der Waals surface area contributed by atoms with Crippen LogP contribution < -0.4 is 5.73 Å². The van der Waals surface area contributed by atoms with Crippen molar-refractivity contribution in [3.8, 4) is 10.4 Å². The molecule has 2 rings (SSSR count). The van der Waals surface area contributed by atoms with Crippen molar-refractivity contribution in [2.24, 2.45) is 0 Å². The molecule has 0 aliphatic rings. The molecule has 0 spiro atoms. The Morgan fingerprint density at radius 3 is 2.27 bits per heavy atom. The zero-order valence-electron chi connectivity index (χ0n) is 8.54. The zero-order valence-corrected chi connectivity index (χ0v) is 10.1. The van der Waals surface area contributed by atoms with Crippen LogP contribution in [0, 0.1) is 13.8 Å². The number of hydrogen-bond donors (Lipinski definition) is 1. The molecule has 1 aromatic carbocycles. The maximum atomic E-state index is 6.07. The highest BCUT2D eigenvalue weighted by atomic mass is 35.5. The highest BCUT2D eigenvalue weighted by Gasteiger charge is 2.11. The molecule has 78 valence electrons. The van der Waals surface area contributed by atoms with Crippen molar-refractivity contribution in [2.75, 3.05) is 5.73 Å². The van der Waals surface area contributed by atoms with Crippen LogP contribution in [0.4, 0.5) is 5.82 Å². The molecule has 0 saturated carbocycles. The molecule has 0 bridgehead atoms. The van der Waals surface area contributed by atoms with E-state index in [1.54, 1.807) is 0 Å². The van der Waals surface area contributed by atoms with E-state index in [0.29, 0.717) is 10.8 Å². The van der Waals surface area contributed by atoms with Crippen LogP contribution in [-0.4, -0.2) is 4.37 Å². The highest BCUT2D eigenvalue weighted by molar-refractivity contribution is 7.10. The SMILES string of the molecule is Cc1cc(C)cc(-c2snc(N)c2Cl)c1. The van der Waals surface area contributed by atoms with Gasteiger partial charge in [-0.15, -0.1) is 0 Å². The van der Waals surface area contributed by atoms with Crippen molar-refractivity contribution in [3.63, 3.8) is 0 Å². The van der Waals surface area contributed by atoms with Gasteiger partial charge in [0, 0.05) is 0 Å². The Kier molecular flexibility index (Phi) is 2.67. The molecule has 1 aromatic heterocycles. The lowest BCUT2D eigenvalue weighted by atomic mass is 10.1. The predicted molar refractivity (Wildman–Crippen MR) is 66.4 cm³/mol. The van der Waals surface area contributed by atoms with Crippen LogP contribution >= 0.6 is 23.1 Å². The highest BCUT2D eigenvalue weighted by Crippen LogP contribution is 2.36. The number of nitrogen functional groups attached to an aromatic ring is 1. The van der Waals surface area contributed by atoms with Crippen molar-refractivity contribution in [1.29, 1.82) is 0 Å². The normalized spacial score (nSPS) is 10.6. The number of nitrogens with zero attached hydrogens (tertiary/aromatic N) is 1. The molecule has 0 unspecified atom stereocenters. The second-order valence-corrected chi connectivity index (χ2v) is 4.74. The number of anilines is 1. The van der Waals surface area contributed by atoms with E-state index in [2.05, 4.69) is 36.4 Å². The second-order valence-electron chi connectivity index (χ2n) is 3.59. The Balaban J connectivity index is 2.58. The summed E-state index contributed by atoms with van der Waals surface area (Å²) in [6.07, 6.45) is 0. The van der Waals surface area contributed by atoms with Crippen LogP contribution in [0.5, 0.6) is 0 Å². The third-order valence-corrected chi connectivity index (χ3v) is 3.55. The summed E-state index contributed by atoms with van der Waals surface area (Å²) in [6.45, 7) is 4.13. The van der Waals surface area contributed by atoms with Crippen LogP contribution in [0.3, 0.4) is 0 Å². The van der Waals surface area contributed by atoms with Crippen molar-refractivity contribution in [1.82, 2.24) is 4.37 Å². The molecule has 0 aliphatic heterocycles. The van der Waals surface area contributed by atoms with Crippen LogP contribution in [-0.2, 0) is 0 Å². The summed E-state index contributed by atoms with van der Waals surface area (Å²) in [5.41, 5.74) is 9.14. The number of nitrogens with two attached hydrogens (primary N) is 1. The number of benzene rings is 1. The molecule has 2 N–H and O–H groups in total. The molecule has 0 atom stereocenters. The van der Waals surface area contributed by atoms with Crippen LogP contribution in [0.2, 0.25) is 5.02 Å². The first-order chi connectivity index (χ1) is 7.08. The second kappa shape index (κ2) is 3.83. The van der Waals surface area contributed by atoms with Crippen molar-refractivity contribution < 1.29 is 0 Å². The van der Waals surface area contributed by atoms with E-state index in [4.69, 9.17) is 17.3 Å². The van der Waals surface area contributed by atoms with Crippen LogP contribution in [0.1, 0.15) is 11.1 Å². The van der Waals surface area contributed by atoms with Gasteiger partial charge in [-0.25, -0.2) is 0 Å². The van der Waals surface area contributed by atoms with Gasteiger partial charge in [-0.1, -0.05) is 40.9 Å². The van der Waals surface area contributed by atoms with E-state index in [0.717, 1.165) is 10.4 Å². The predicted octanol–water partition coefficient (Wildman–Crippen LogP) is 3.66. The quantitative estimate of drug-likeness (QED) is 0.824. The van der Waals surface area contributed by atoms with Crippen molar-refractivity contribution in [3.05, 3.63) is 34.3 Å². The van der Waals surface area contributed by atoms with Gasteiger partial charge in [-0.3, -0.25) is 0 Å². The molecule has 0 aliphatic carbocycles. The minimum absolute atomic E-state index is 0.413. The Morgan fingerprint density at radius 1 is 1.20 bits per heavy atom. The topological polar surface area (TPSA) is 38.9 Å². The average Bonchev–Trinajstić information content (AvgIpc) is 2.46. The Labute approximate surface area is 97.9 Å². The first kappa shape index (κ1) is 10.5. The summed E-state index contributed by atoms with van der Waals surface area (Å²) in [5, 5.41) is 0.560. The number of aromatic nitrogens is 1. The summed E-state index contributed by atoms with van der Waals surface area (Å²) in [7, 11) is 0. The van der Waals surface area contributed by atoms with Gasteiger partial charge >= 0.3 is 0 Å². The molecule has 0 amide bonds. The van der Waals surface area contributed by atoms with Gasteiger partial charge in [-0.2, -0.15) is 4.37 Å². The summed E-state index contributed by atoms with van der Waals surface area (Å²) in [6, 6.07) is 6.31. The van der Waals surface area contributed by atoms with Gasteiger partial charge in [0.25, 0.3) is 0 Å².